The molecule has 0 aromatic rings. The lowest BCUT2D eigenvalue weighted by Crippen LogP contribution is -2.36. The first-order chi connectivity index (χ1) is 7.18. The molecule has 2 fully saturated rings. The maximum atomic E-state index is 11.9. The molecule has 2 saturated heterocycles. The SMILES string of the molecule is O=C(O)N1CC[C@@H](C(=O)N2CCCC2)C1. The van der Waals surface area contributed by atoms with Gasteiger partial charge in [0, 0.05) is 26.2 Å². The van der Waals surface area contributed by atoms with E-state index >= 15 is 0 Å². The van der Waals surface area contributed by atoms with Crippen molar-refractivity contribution in [3.8, 4) is 0 Å². The first kappa shape index (κ1) is 10.3. The van der Waals surface area contributed by atoms with Gasteiger partial charge < -0.3 is 14.9 Å². The summed E-state index contributed by atoms with van der Waals surface area (Å²) in [6.07, 6.45) is 1.94. The van der Waals surface area contributed by atoms with E-state index in [0.29, 0.717) is 19.5 Å². The smallest absolute Gasteiger partial charge is 0.407 e. The third-order valence-corrected chi connectivity index (χ3v) is 3.23. The monoisotopic (exact) mass is 212 g/mol. The van der Waals surface area contributed by atoms with Crippen molar-refractivity contribution in [3.63, 3.8) is 0 Å². The molecule has 0 radical (unpaired) electrons. The Labute approximate surface area is 88.6 Å². The fourth-order valence-electron chi connectivity index (χ4n) is 2.33. The summed E-state index contributed by atoms with van der Waals surface area (Å²) in [5, 5.41) is 8.78. The molecule has 2 rings (SSSR count). The lowest BCUT2D eigenvalue weighted by Gasteiger charge is -2.19. The fourth-order valence-corrected chi connectivity index (χ4v) is 2.33. The number of amides is 2. The van der Waals surface area contributed by atoms with Gasteiger partial charge in [0.25, 0.3) is 0 Å². The molecule has 2 aliphatic heterocycles. The molecule has 2 aliphatic rings. The van der Waals surface area contributed by atoms with Crippen LogP contribution in [0.4, 0.5) is 4.79 Å². The minimum atomic E-state index is -0.910. The second kappa shape index (κ2) is 4.08. The van der Waals surface area contributed by atoms with Gasteiger partial charge in [-0.2, -0.15) is 0 Å². The van der Waals surface area contributed by atoms with Crippen molar-refractivity contribution in [1.29, 1.82) is 0 Å². The molecule has 0 aromatic carbocycles. The van der Waals surface area contributed by atoms with Gasteiger partial charge in [-0.05, 0) is 19.3 Å². The molecule has 5 nitrogen and oxygen atoms in total. The van der Waals surface area contributed by atoms with Gasteiger partial charge in [-0.25, -0.2) is 4.79 Å². The topological polar surface area (TPSA) is 60.9 Å². The van der Waals surface area contributed by atoms with E-state index in [0.717, 1.165) is 25.9 Å². The van der Waals surface area contributed by atoms with Crippen LogP contribution >= 0.6 is 0 Å². The zero-order valence-corrected chi connectivity index (χ0v) is 8.69. The third kappa shape index (κ3) is 2.06. The van der Waals surface area contributed by atoms with Gasteiger partial charge in [0.2, 0.25) is 5.91 Å². The maximum absolute atomic E-state index is 11.9. The fraction of sp³-hybridized carbons (Fsp3) is 0.800. The second-order valence-corrected chi connectivity index (χ2v) is 4.25. The quantitative estimate of drug-likeness (QED) is 0.692. The Bertz CT molecular complexity index is 274. The van der Waals surface area contributed by atoms with Crippen LogP contribution in [0.1, 0.15) is 19.3 Å². The normalized spacial score (nSPS) is 26.0. The van der Waals surface area contributed by atoms with Crippen molar-refractivity contribution in [3.05, 3.63) is 0 Å². The van der Waals surface area contributed by atoms with Gasteiger partial charge in [-0.15, -0.1) is 0 Å². The van der Waals surface area contributed by atoms with Crippen LogP contribution in [0.2, 0.25) is 0 Å². The maximum Gasteiger partial charge on any atom is 0.407 e. The molecule has 0 unspecified atom stereocenters. The van der Waals surface area contributed by atoms with Crippen LogP contribution in [0.5, 0.6) is 0 Å². The summed E-state index contributed by atoms with van der Waals surface area (Å²) in [5.74, 6) is 0.0513. The van der Waals surface area contributed by atoms with Crippen molar-refractivity contribution in [1.82, 2.24) is 9.80 Å². The van der Waals surface area contributed by atoms with Crippen molar-refractivity contribution in [2.45, 2.75) is 19.3 Å². The molecule has 84 valence electrons. The van der Waals surface area contributed by atoms with Crippen LogP contribution in [-0.2, 0) is 4.79 Å². The lowest BCUT2D eigenvalue weighted by atomic mass is 10.1. The van der Waals surface area contributed by atoms with Crippen LogP contribution < -0.4 is 0 Å². The average Bonchev–Trinajstić information content (AvgIpc) is 2.88. The number of hydrogen-bond acceptors (Lipinski definition) is 2. The number of likely N-dealkylation sites (tertiary alicyclic amines) is 2. The molecular weight excluding hydrogens is 196 g/mol. The molecule has 2 amide bonds. The van der Waals surface area contributed by atoms with E-state index in [1.807, 2.05) is 4.90 Å². The molecule has 1 atom stereocenters. The van der Waals surface area contributed by atoms with Gasteiger partial charge >= 0.3 is 6.09 Å². The first-order valence-corrected chi connectivity index (χ1v) is 5.45. The van der Waals surface area contributed by atoms with Crippen LogP contribution in [0, 0.1) is 5.92 Å². The van der Waals surface area contributed by atoms with Crippen molar-refractivity contribution >= 4 is 12.0 Å². The highest BCUT2D eigenvalue weighted by molar-refractivity contribution is 5.80. The summed E-state index contributed by atoms with van der Waals surface area (Å²) in [4.78, 5) is 25.8. The van der Waals surface area contributed by atoms with E-state index in [1.165, 1.54) is 4.90 Å². The standard InChI is InChI=1S/C10H16N2O3/c13-9(11-4-1-2-5-11)8-3-6-12(7-8)10(14)15/h8H,1-7H2,(H,14,15)/t8-/m1/s1. The summed E-state index contributed by atoms with van der Waals surface area (Å²) in [6, 6.07) is 0. The van der Waals surface area contributed by atoms with E-state index in [1.54, 1.807) is 0 Å². The highest BCUT2D eigenvalue weighted by Crippen LogP contribution is 2.21. The Hall–Kier alpha value is -1.26. The van der Waals surface area contributed by atoms with E-state index in [4.69, 9.17) is 5.11 Å². The Morgan fingerprint density at radius 1 is 1.07 bits per heavy atom. The molecule has 0 aromatic heterocycles. The zero-order chi connectivity index (χ0) is 10.8. The molecule has 0 spiro atoms. The Balaban J connectivity index is 1.89. The molecule has 2 heterocycles. The summed E-state index contributed by atoms with van der Waals surface area (Å²) in [5.41, 5.74) is 0. The summed E-state index contributed by atoms with van der Waals surface area (Å²) < 4.78 is 0. The van der Waals surface area contributed by atoms with Gasteiger partial charge in [-0.3, -0.25) is 4.79 Å². The Kier molecular flexibility index (Phi) is 2.79. The minimum Gasteiger partial charge on any atom is -0.465 e. The van der Waals surface area contributed by atoms with Crippen molar-refractivity contribution in [2.75, 3.05) is 26.2 Å². The molecule has 0 bridgehead atoms. The predicted octanol–water partition coefficient (Wildman–Crippen LogP) is 0.609. The average molecular weight is 212 g/mol. The van der Waals surface area contributed by atoms with Crippen LogP contribution in [0.25, 0.3) is 0 Å². The predicted molar refractivity (Wildman–Crippen MR) is 53.5 cm³/mol. The van der Waals surface area contributed by atoms with Crippen molar-refractivity contribution < 1.29 is 14.7 Å². The Morgan fingerprint density at radius 3 is 2.27 bits per heavy atom. The number of rotatable bonds is 1. The summed E-state index contributed by atoms with van der Waals surface area (Å²) in [6.45, 7) is 2.58. The highest BCUT2D eigenvalue weighted by atomic mass is 16.4. The molecule has 15 heavy (non-hydrogen) atoms. The molecule has 5 heteroatoms. The molecule has 0 aliphatic carbocycles. The Morgan fingerprint density at radius 2 is 1.73 bits per heavy atom. The minimum absolute atomic E-state index is 0.0980. The van der Waals surface area contributed by atoms with Crippen LogP contribution in [0.3, 0.4) is 0 Å². The van der Waals surface area contributed by atoms with E-state index in [2.05, 4.69) is 0 Å². The highest BCUT2D eigenvalue weighted by Gasteiger charge is 2.34. The van der Waals surface area contributed by atoms with Crippen molar-refractivity contribution in [2.24, 2.45) is 5.92 Å². The molecular formula is C10H16N2O3. The third-order valence-electron chi connectivity index (χ3n) is 3.23. The van der Waals surface area contributed by atoms with E-state index in [9.17, 15) is 9.59 Å². The first-order valence-electron chi connectivity index (χ1n) is 5.45. The zero-order valence-electron chi connectivity index (χ0n) is 8.69. The largest absolute Gasteiger partial charge is 0.465 e. The van der Waals surface area contributed by atoms with Gasteiger partial charge in [-0.1, -0.05) is 0 Å². The van der Waals surface area contributed by atoms with Crippen LogP contribution in [0.15, 0.2) is 0 Å². The lowest BCUT2D eigenvalue weighted by molar-refractivity contribution is -0.133. The van der Waals surface area contributed by atoms with E-state index in [-0.39, 0.29) is 11.8 Å². The van der Waals surface area contributed by atoms with Gasteiger partial charge in [0.05, 0.1) is 5.92 Å². The number of hydrogen-bond donors (Lipinski definition) is 1. The molecule has 1 N–H and O–H groups in total. The van der Waals surface area contributed by atoms with E-state index < -0.39 is 6.09 Å². The number of carboxylic acid groups (broad SMARTS) is 1. The molecule has 0 saturated carbocycles. The number of carbonyl (C=O) groups excluding carboxylic acids is 1. The number of carbonyl (C=O) groups is 2. The second-order valence-electron chi connectivity index (χ2n) is 4.25. The van der Waals surface area contributed by atoms with Crippen LogP contribution in [-0.4, -0.2) is 53.1 Å². The number of nitrogens with zero attached hydrogens (tertiary/aromatic N) is 2. The van der Waals surface area contributed by atoms with Gasteiger partial charge in [0.15, 0.2) is 0 Å². The summed E-state index contributed by atoms with van der Waals surface area (Å²) >= 11 is 0. The summed E-state index contributed by atoms with van der Waals surface area (Å²) in [7, 11) is 0. The van der Waals surface area contributed by atoms with Gasteiger partial charge in [0.1, 0.15) is 0 Å².